The zero-order chi connectivity index (χ0) is 38.7. The molecule has 2 N–H and O–H groups in total. The van der Waals surface area contributed by atoms with Crippen LogP contribution in [-0.4, -0.2) is 36.2 Å². The van der Waals surface area contributed by atoms with E-state index in [1.54, 1.807) is 12.5 Å². The van der Waals surface area contributed by atoms with Gasteiger partial charge < -0.3 is 20.1 Å². The molecule has 0 aliphatic heterocycles. The smallest absolute Gasteiger partial charge is 0.408 e. The Morgan fingerprint density at radius 1 is 0.889 bits per heavy atom. The zero-order valence-electron chi connectivity index (χ0n) is 33.4. The number of esters is 1. The molecule has 2 aromatic carbocycles. The van der Waals surface area contributed by atoms with Gasteiger partial charge in [-0.1, -0.05) is 137 Å². The minimum Gasteiger partial charge on any atom is -0.460 e. The second-order valence-corrected chi connectivity index (χ2v) is 16.9. The van der Waals surface area contributed by atoms with E-state index in [9.17, 15) is 14.4 Å². The van der Waals surface area contributed by atoms with Crippen molar-refractivity contribution >= 4 is 18.0 Å². The predicted octanol–water partition coefficient (Wildman–Crippen LogP) is 10.2. The quantitative estimate of drug-likeness (QED) is 0.178. The molecule has 0 radical (unpaired) electrons. The van der Waals surface area contributed by atoms with Crippen molar-refractivity contribution in [1.29, 1.82) is 0 Å². The molecule has 0 bridgehead atoms. The van der Waals surface area contributed by atoms with Gasteiger partial charge in [-0.05, 0) is 97.7 Å². The summed E-state index contributed by atoms with van der Waals surface area (Å²) in [6.07, 6.45) is 16.3. The van der Waals surface area contributed by atoms with Crippen molar-refractivity contribution in [2.45, 2.75) is 136 Å². The molecule has 7 nitrogen and oxygen atoms in total. The normalized spacial score (nSPS) is 25.8. The van der Waals surface area contributed by atoms with Crippen molar-refractivity contribution in [3.63, 3.8) is 0 Å². The molecule has 0 saturated heterocycles. The van der Waals surface area contributed by atoms with Crippen molar-refractivity contribution in [2.24, 2.45) is 29.1 Å². The second kappa shape index (κ2) is 19.5. The molecule has 0 heterocycles. The third-order valence-electron chi connectivity index (χ3n) is 12.4. The summed E-state index contributed by atoms with van der Waals surface area (Å²) in [6, 6.07) is 17.0. The molecular weight excluding hydrogens is 673 g/mol. The van der Waals surface area contributed by atoms with E-state index in [1.165, 1.54) is 44.9 Å². The van der Waals surface area contributed by atoms with E-state index in [0.29, 0.717) is 24.2 Å². The Kier molecular flexibility index (Phi) is 14.8. The molecule has 3 saturated carbocycles. The lowest BCUT2D eigenvalue weighted by molar-refractivity contribution is -0.153. The van der Waals surface area contributed by atoms with Crippen LogP contribution in [0.25, 0.3) is 0 Å². The van der Waals surface area contributed by atoms with E-state index >= 15 is 0 Å². The molecule has 54 heavy (non-hydrogen) atoms. The highest BCUT2D eigenvalue weighted by Crippen LogP contribution is 2.60. The number of benzene rings is 2. The first-order valence-corrected chi connectivity index (χ1v) is 20.5. The highest BCUT2D eigenvalue weighted by molar-refractivity contribution is 5.89. The maximum atomic E-state index is 13.8. The molecule has 2 aromatic rings. The highest BCUT2D eigenvalue weighted by Gasteiger charge is 2.50. The Morgan fingerprint density at radius 3 is 2.30 bits per heavy atom. The Labute approximate surface area is 324 Å². The van der Waals surface area contributed by atoms with Gasteiger partial charge in [0.25, 0.3) is 0 Å². The number of hydrogen-bond donors (Lipinski definition) is 2. The molecule has 7 atom stereocenters. The van der Waals surface area contributed by atoms with E-state index < -0.39 is 30.1 Å². The summed E-state index contributed by atoms with van der Waals surface area (Å²) < 4.78 is 11.4. The first kappa shape index (κ1) is 41.0. The van der Waals surface area contributed by atoms with E-state index in [0.717, 1.165) is 52.9 Å². The highest BCUT2D eigenvalue weighted by atomic mass is 16.6. The lowest BCUT2D eigenvalue weighted by Crippen LogP contribution is -2.52. The van der Waals surface area contributed by atoms with Crippen LogP contribution in [0, 0.1) is 29.1 Å². The molecule has 2 amide bonds. The molecule has 0 unspecified atom stereocenters. The van der Waals surface area contributed by atoms with Gasteiger partial charge in [0.1, 0.15) is 24.8 Å². The third-order valence-corrected chi connectivity index (χ3v) is 12.4. The fourth-order valence-corrected chi connectivity index (χ4v) is 9.34. The van der Waals surface area contributed by atoms with Crippen LogP contribution in [0.2, 0.25) is 0 Å². The summed E-state index contributed by atoms with van der Waals surface area (Å²) in [5, 5.41) is 5.43. The summed E-state index contributed by atoms with van der Waals surface area (Å²) in [5.41, 5.74) is 5.94. The predicted molar refractivity (Wildman–Crippen MR) is 216 cm³/mol. The number of alkyl carbamates (subject to hydrolysis) is 1. The van der Waals surface area contributed by atoms with Gasteiger partial charge in [-0.3, -0.25) is 4.79 Å². The number of carbonyl (C=O) groups is 3. The SMILES string of the molecule is C=C1CC[C@H](OC(=O)[C@H](Cc2ccccc2)NC(=O)[C@H](C)NC(=O)OCc2ccccc2)C/C1=C/C=C1\CCC[C@]2(C)[C@@H]([C@H](C)CCCC(C)C)CC[C@@H]12. The molecule has 0 aromatic heterocycles. The Hall–Kier alpha value is -4.13. The number of amides is 2. The van der Waals surface area contributed by atoms with Gasteiger partial charge in [-0.2, -0.15) is 0 Å². The van der Waals surface area contributed by atoms with Gasteiger partial charge in [0.2, 0.25) is 5.91 Å². The summed E-state index contributed by atoms with van der Waals surface area (Å²) >= 11 is 0. The average Bonchev–Trinajstić information content (AvgIpc) is 3.52. The van der Waals surface area contributed by atoms with E-state index in [-0.39, 0.29) is 19.1 Å². The van der Waals surface area contributed by atoms with Crippen molar-refractivity contribution in [3.05, 3.63) is 107 Å². The van der Waals surface area contributed by atoms with Crippen molar-refractivity contribution < 1.29 is 23.9 Å². The fourth-order valence-electron chi connectivity index (χ4n) is 9.34. The molecule has 3 aliphatic carbocycles. The number of fused-ring (bicyclic) bond motifs is 1. The number of rotatable bonds is 15. The Balaban J connectivity index is 1.20. The number of carbonyl (C=O) groups excluding carboxylic acids is 3. The third kappa shape index (κ3) is 11.2. The van der Waals surface area contributed by atoms with Crippen LogP contribution in [0.15, 0.2) is 96.1 Å². The molecule has 3 fully saturated rings. The summed E-state index contributed by atoms with van der Waals surface area (Å²) in [7, 11) is 0. The van der Waals surface area contributed by atoms with Gasteiger partial charge in [0, 0.05) is 12.8 Å². The Bertz CT molecular complexity index is 1630. The van der Waals surface area contributed by atoms with Gasteiger partial charge in [-0.15, -0.1) is 0 Å². The number of allylic oxidation sites excluding steroid dienone is 4. The lowest BCUT2D eigenvalue weighted by atomic mass is 9.60. The summed E-state index contributed by atoms with van der Waals surface area (Å²) in [4.78, 5) is 39.5. The zero-order valence-corrected chi connectivity index (χ0v) is 33.4. The molecular formula is C47H64N2O5. The minimum absolute atomic E-state index is 0.0870. The van der Waals surface area contributed by atoms with E-state index in [1.807, 2.05) is 60.7 Å². The van der Waals surface area contributed by atoms with Crippen LogP contribution in [0.4, 0.5) is 4.79 Å². The maximum Gasteiger partial charge on any atom is 0.408 e. The molecule has 292 valence electrons. The van der Waals surface area contributed by atoms with Crippen molar-refractivity contribution in [3.8, 4) is 0 Å². The van der Waals surface area contributed by atoms with Gasteiger partial charge in [0.05, 0.1) is 0 Å². The van der Waals surface area contributed by atoms with Gasteiger partial charge in [-0.25, -0.2) is 9.59 Å². The molecule has 5 rings (SSSR count). The van der Waals surface area contributed by atoms with Crippen LogP contribution in [0.3, 0.4) is 0 Å². The van der Waals surface area contributed by atoms with Gasteiger partial charge >= 0.3 is 12.1 Å². The van der Waals surface area contributed by atoms with Crippen LogP contribution >= 0.6 is 0 Å². The molecule has 3 aliphatic rings. The molecule has 0 spiro atoms. The van der Waals surface area contributed by atoms with Crippen LogP contribution in [0.5, 0.6) is 0 Å². The van der Waals surface area contributed by atoms with E-state index in [2.05, 4.69) is 57.1 Å². The summed E-state index contributed by atoms with van der Waals surface area (Å²) in [5.74, 6) is 1.99. The molecule has 7 heteroatoms. The minimum atomic E-state index is -0.926. The fraction of sp³-hybridized carbons (Fsp3) is 0.553. The largest absolute Gasteiger partial charge is 0.460 e. The average molecular weight is 737 g/mol. The Morgan fingerprint density at radius 2 is 1.59 bits per heavy atom. The second-order valence-electron chi connectivity index (χ2n) is 16.9. The lowest BCUT2D eigenvalue weighted by Gasteiger charge is -2.44. The monoisotopic (exact) mass is 736 g/mol. The number of hydrogen-bond acceptors (Lipinski definition) is 5. The van der Waals surface area contributed by atoms with Crippen LogP contribution < -0.4 is 10.6 Å². The summed E-state index contributed by atoms with van der Waals surface area (Å²) in [6.45, 7) is 15.8. The first-order valence-electron chi connectivity index (χ1n) is 20.5. The number of nitrogens with one attached hydrogen (secondary N) is 2. The van der Waals surface area contributed by atoms with Crippen molar-refractivity contribution in [2.75, 3.05) is 0 Å². The van der Waals surface area contributed by atoms with Crippen LogP contribution in [-0.2, 0) is 32.1 Å². The maximum absolute atomic E-state index is 13.8. The van der Waals surface area contributed by atoms with Crippen molar-refractivity contribution in [1.82, 2.24) is 10.6 Å². The standard InChI is InChI=1S/C47H64N2O5/c1-32(2)15-13-16-34(4)41-26-27-42-38(21-14-28-47(41,42)6)23-24-39-30-40(25-22-33(39)3)54-45(51)43(29-36-17-9-7-10-18-36)49-44(50)35(5)48-46(52)53-31-37-19-11-8-12-20-37/h7-12,17-20,23-24,32,34-35,40-43H,3,13-16,21-22,25-31H2,1-2,4-6H3,(H,48,52)(H,49,50)/b38-23+,39-24-/t34-,35+,40+,41-,42+,43+,47-/m1/s1. The van der Waals surface area contributed by atoms with Crippen LogP contribution in [0.1, 0.15) is 116 Å². The first-order chi connectivity index (χ1) is 25.9. The topological polar surface area (TPSA) is 93.7 Å². The number of ether oxygens (including phenoxy) is 2. The van der Waals surface area contributed by atoms with Gasteiger partial charge in [0.15, 0.2) is 0 Å². The van der Waals surface area contributed by atoms with E-state index in [4.69, 9.17) is 9.47 Å².